The lowest BCUT2D eigenvalue weighted by Gasteiger charge is -2.23. The summed E-state index contributed by atoms with van der Waals surface area (Å²) in [5.74, 6) is 0. The van der Waals surface area contributed by atoms with Crippen molar-refractivity contribution in [2.24, 2.45) is 0 Å². The van der Waals surface area contributed by atoms with Crippen LogP contribution in [-0.2, 0) is 0 Å². The molecule has 0 atom stereocenters. The predicted octanol–water partition coefficient (Wildman–Crippen LogP) is 9.97. The van der Waals surface area contributed by atoms with Crippen LogP contribution < -0.4 is 14.1 Å². The molecule has 2 aliphatic rings. The summed E-state index contributed by atoms with van der Waals surface area (Å²) in [5.41, 5.74) is 5.89. The molecule has 39 heavy (non-hydrogen) atoms. The van der Waals surface area contributed by atoms with Crippen LogP contribution in [0.1, 0.15) is 0 Å². The van der Waals surface area contributed by atoms with Gasteiger partial charge in [0.1, 0.15) is 5.00 Å². The van der Waals surface area contributed by atoms with E-state index in [-0.39, 0.29) is 0 Å². The lowest BCUT2D eigenvalue weighted by Crippen LogP contribution is -2.16. The van der Waals surface area contributed by atoms with E-state index in [1.54, 1.807) is 0 Å². The normalized spacial score (nSPS) is 11.1. The van der Waals surface area contributed by atoms with Gasteiger partial charge in [-0.3, -0.25) is 0 Å². The maximum Gasteiger partial charge on any atom is 0.269 e. The van der Waals surface area contributed by atoms with Crippen molar-refractivity contribution in [2.45, 2.75) is 0 Å². The van der Waals surface area contributed by atoms with Gasteiger partial charge in [0, 0.05) is 62.2 Å². The summed E-state index contributed by atoms with van der Waals surface area (Å²) in [6.07, 6.45) is 0. The molecule has 1 aliphatic heterocycles. The molecule has 0 N–H and O–H groups in total. The van der Waals surface area contributed by atoms with Gasteiger partial charge in [0.05, 0.1) is 0 Å². The highest BCUT2D eigenvalue weighted by molar-refractivity contribution is 7.23. The van der Waals surface area contributed by atoms with Crippen LogP contribution in [0, 0.1) is 0 Å². The summed E-state index contributed by atoms with van der Waals surface area (Å²) in [4.78, 5) is 3.62. The fourth-order valence-corrected chi connectivity index (χ4v) is 7.27. The Kier molecular flexibility index (Phi) is 6.25. The zero-order chi connectivity index (χ0) is 26.0. The molecule has 4 heteroatoms. The molecule has 0 saturated carbocycles. The number of hydrogen-bond acceptors (Lipinski definition) is 3. The highest BCUT2D eigenvalue weighted by atomic mass is 32.1. The standard InChI is InChI=1S/C35H25N2S2/c1-5-14-26(15-6-1)36(27-16-7-2-8-17-27)34-24-30-31-25-35(39-33(31)23-13-22-32(30)38-34)37(28-18-9-3-10-19-28)29-20-11-4-12-21-29/h1-25H/q+1. The molecule has 1 aromatic heterocycles. The first-order valence-electron chi connectivity index (χ1n) is 12.9. The first-order chi connectivity index (χ1) is 19.3. The van der Waals surface area contributed by atoms with E-state index in [9.17, 15) is 0 Å². The summed E-state index contributed by atoms with van der Waals surface area (Å²) in [5, 5.41) is 2.47. The number of para-hydroxylation sites is 4. The summed E-state index contributed by atoms with van der Waals surface area (Å²) in [7, 11) is 0. The Morgan fingerprint density at radius 3 is 1.59 bits per heavy atom. The molecule has 7 rings (SSSR count). The van der Waals surface area contributed by atoms with Gasteiger partial charge in [-0.1, -0.05) is 90.2 Å². The van der Waals surface area contributed by atoms with Crippen LogP contribution in [0.3, 0.4) is 0 Å². The zero-order valence-corrected chi connectivity index (χ0v) is 22.8. The van der Waals surface area contributed by atoms with E-state index < -0.39 is 0 Å². The van der Waals surface area contributed by atoms with Gasteiger partial charge < -0.3 is 4.90 Å². The topological polar surface area (TPSA) is 6.25 Å². The summed E-state index contributed by atoms with van der Waals surface area (Å²) >= 11 is 3.66. The van der Waals surface area contributed by atoms with Gasteiger partial charge in [-0.15, -0.1) is 15.9 Å². The van der Waals surface area contributed by atoms with E-state index in [0.29, 0.717) is 0 Å². The third-order valence-electron chi connectivity index (χ3n) is 6.78. The van der Waals surface area contributed by atoms with Crippen molar-refractivity contribution in [2.75, 3.05) is 4.90 Å². The highest BCUT2D eigenvalue weighted by Crippen LogP contribution is 2.44. The molecule has 2 heterocycles. The maximum absolute atomic E-state index is 2.36. The van der Waals surface area contributed by atoms with E-state index in [2.05, 4.69) is 161 Å². The Bertz CT molecular complexity index is 1810. The van der Waals surface area contributed by atoms with Crippen molar-refractivity contribution in [1.29, 1.82) is 0 Å². The molecule has 0 amide bonds. The lowest BCUT2D eigenvalue weighted by molar-refractivity contribution is 1.00. The molecule has 0 saturated heterocycles. The highest BCUT2D eigenvalue weighted by Gasteiger charge is 2.21. The van der Waals surface area contributed by atoms with E-state index >= 15 is 0 Å². The fraction of sp³-hybridized carbons (Fsp3) is 0. The number of hydrogen-bond donors (Lipinski definition) is 0. The molecular formula is C35H25N2S2+. The van der Waals surface area contributed by atoms with Crippen LogP contribution in [0.4, 0.5) is 27.8 Å². The monoisotopic (exact) mass is 537 g/mol. The lowest BCUT2D eigenvalue weighted by atomic mass is 10.1. The van der Waals surface area contributed by atoms with Crippen LogP contribution in [0.5, 0.6) is 0 Å². The van der Waals surface area contributed by atoms with Gasteiger partial charge in [-0.05, 0) is 42.5 Å². The Hall–Kier alpha value is -4.51. The third-order valence-corrected chi connectivity index (χ3v) is 8.95. The number of anilines is 3. The second kappa shape index (κ2) is 10.3. The van der Waals surface area contributed by atoms with Crippen molar-refractivity contribution in [3.05, 3.63) is 156 Å². The van der Waals surface area contributed by atoms with Gasteiger partial charge in [0.15, 0.2) is 0 Å². The Labute approximate surface area is 236 Å². The smallest absolute Gasteiger partial charge is 0.269 e. The Morgan fingerprint density at radius 1 is 0.487 bits per heavy atom. The van der Waals surface area contributed by atoms with Gasteiger partial charge in [0.2, 0.25) is 11.4 Å². The second-order valence-electron chi connectivity index (χ2n) is 9.26. The maximum atomic E-state index is 2.36. The van der Waals surface area contributed by atoms with Crippen molar-refractivity contribution in [1.82, 2.24) is 4.58 Å². The molecule has 2 nitrogen and oxygen atoms in total. The van der Waals surface area contributed by atoms with Gasteiger partial charge in [-0.25, -0.2) is 0 Å². The van der Waals surface area contributed by atoms with Crippen molar-refractivity contribution < 1.29 is 0 Å². The Balaban J connectivity index is 1.48. The number of thiophene rings is 2. The van der Waals surface area contributed by atoms with Crippen LogP contribution in [0.25, 0.3) is 20.5 Å². The first-order valence-corrected chi connectivity index (χ1v) is 14.6. The summed E-state index contributed by atoms with van der Waals surface area (Å²) < 4.78 is 4.82. The largest absolute Gasteiger partial charge is 0.302 e. The molecule has 1 aliphatic carbocycles. The average molecular weight is 538 g/mol. The SMILES string of the molecule is c1ccc(N(c2ccccc2)c2cc3c4cc(=[N+](c5ccccc5)c5ccccc5)sc-4cccc3s2)cc1. The van der Waals surface area contributed by atoms with E-state index in [0.717, 1.165) is 22.7 Å². The zero-order valence-electron chi connectivity index (χ0n) is 21.1. The quantitative estimate of drug-likeness (QED) is 0.198. The number of rotatable bonds is 5. The molecular weight excluding hydrogens is 513 g/mol. The Morgan fingerprint density at radius 2 is 1.03 bits per heavy atom. The summed E-state index contributed by atoms with van der Waals surface area (Å²) in [6.45, 7) is 0. The average Bonchev–Trinajstić information content (AvgIpc) is 3.56. The van der Waals surface area contributed by atoms with E-state index in [4.69, 9.17) is 0 Å². The van der Waals surface area contributed by atoms with Crippen molar-refractivity contribution in [3.8, 4) is 10.4 Å². The van der Waals surface area contributed by atoms with Crippen LogP contribution in [0.15, 0.2) is 152 Å². The van der Waals surface area contributed by atoms with Gasteiger partial charge in [0.25, 0.3) is 4.67 Å². The van der Waals surface area contributed by atoms with Crippen LogP contribution in [0.2, 0.25) is 0 Å². The van der Waals surface area contributed by atoms with Gasteiger partial charge in [-0.2, -0.15) is 0 Å². The number of benzene rings is 4. The van der Waals surface area contributed by atoms with Crippen LogP contribution >= 0.6 is 22.7 Å². The molecule has 0 fully saturated rings. The first kappa shape index (κ1) is 23.6. The molecule has 0 bridgehead atoms. The molecule has 0 radical (unpaired) electrons. The third kappa shape index (κ3) is 4.54. The van der Waals surface area contributed by atoms with Crippen molar-refractivity contribution in [3.63, 3.8) is 0 Å². The van der Waals surface area contributed by atoms with E-state index in [1.165, 1.54) is 30.2 Å². The molecule has 186 valence electrons. The molecule has 4 aromatic carbocycles. The second-order valence-corrected chi connectivity index (χ2v) is 11.4. The molecule has 0 spiro atoms. The van der Waals surface area contributed by atoms with Crippen molar-refractivity contribution >= 4 is 60.5 Å². The van der Waals surface area contributed by atoms with Gasteiger partial charge >= 0.3 is 0 Å². The van der Waals surface area contributed by atoms with Crippen LogP contribution in [-0.4, -0.2) is 0 Å². The van der Waals surface area contributed by atoms with E-state index in [1.807, 2.05) is 22.7 Å². The predicted molar refractivity (Wildman–Crippen MR) is 168 cm³/mol. The molecule has 5 aromatic rings. The number of nitrogens with zero attached hydrogens (tertiary/aromatic N) is 2. The minimum atomic E-state index is 1.15. The number of fused-ring (bicyclic) bond motifs is 3. The fourth-order valence-electron chi connectivity index (χ4n) is 5.01. The molecule has 0 unspecified atom stereocenters. The minimum absolute atomic E-state index is 1.15. The summed E-state index contributed by atoms with van der Waals surface area (Å²) in [6, 6.07) is 53.9. The minimum Gasteiger partial charge on any atom is -0.302 e.